The fourth-order valence-electron chi connectivity index (χ4n) is 3.71. The summed E-state index contributed by atoms with van der Waals surface area (Å²) in [6.07, 6.45) is 4.22. The van der Waals surface area contributed by atoms with Gasteiger partial charge in [-0.1, -0.05) is 50.4 Å². The summed E-state index contributed by atoms with van der Waals surface area (Å²) in [6.45, 7) is 6.41. The number of aromatic amines is 1. The van der Waals surface area contributed by atoms with Crippen LogP contribution in [0.3, 0.4) is 0 Å². The normalized spacial score (nSPS) is 14.0. The number of aromatic nitrogens is 1. The Morgan fingerprint density at radius 3 is 2.54 bits per heavy atom. The fourth-order valence-corrected chi connectivity index (χ4v) is 3.83. The Morgan fingerprint density at radius 1 is 1.17 bits per heavy atom. The molecule has 2 aromatic carbocycles. The van der Waals surface area contributed by atoms with Crippen LogP contribution in [0.4, 0.5) is 4.39 Å². The van der Waals surface area contributed by atoms with Crippen LogP contribution in [0.5, 0.6) is 0 Å². The van der Waals surface area contributed by atoms with Gasteiger partial charge >= 0.3 is 0 Å². The highest BCUT2D eigenvalue weighted by molar-refractivity contribution is 6.30. The Bertz CT molecular complexity index is 835. The van der Waals surface area contributed by atoms with Crippen molar-refractivity contribution in [3.8, 4) is 0 Å². The highest BCUT2D eigenvalue weighted by atomic mass is 35.5. The lowest BCUT2D eigenvalue weighted by molar-refractivity contribution is 0.470. The van der Waals surface area contributed by atoms with E-state index in [-0.39, 0.29) is 11.7 Å². The predicted molar refractivity (Wildman–Crippen MR) is 100 cm³/mol. The van der Waals surface area contributed by atoms with E-state index in [2.05, 4.69) is 37.0 Å². The quantitative estimate of drug-likeness (QED) is 0.522. The third-order valence-electron chi connectivity index (χ3n) is 4.79. The van der Waals surface area contributed by atoms with E-state index in [0.29, 0.717) is 11.4 Å². The maximum atomic E-state index is 14.3. The summed E-state index contributed by atoms with van der Waals surface area (Å²) in [5, 5.41) is 1.72. The van der Waals surface area contributed by atoms with Gasteiger partial charge in [-0.3, -0.25) is 0 Å². The zero-order chi connectivity index (χ0) is 17.3. The third-order valence-corrected chi connectivity index (χ3v) is 5.05. The number of benzene rings is 2. The first-order chi connectivity index (χ1) is 11.5. The van der Waals surface area contributed by atoms with Crippen molar-refractivity contribution in [1.82, 2.24) is 4.98 Å². The molecule has 0 aliphatic rings. The minimum absolute atomic E-state index is 0.186. The van der Waals surface area contributed by atoms with Gasteiger partial charge in [0.2, 0.25) is 0 Å². The Labute approximate surface area is 147 Å². The van der Waals surface area contributed by atoms with Gasteiger partial charge in [0.05, 0.1) is 5.52 Å². The lowest BCUT2D eigenvalue weighted by Gasteiger charge is -2.24. The van der Waals surface area contributed by atoms with Gasteiger partial charge in [0, 0.05) is 22.5 Å². The van der Waals surface area contributed by atoms with E-state index in [4.69, 9.17) is 11.6 Å². The number of fused-ring (bicyclic) bond motifs is 1. The van der Waals surface area contributed by atoms with Gasteiger partial charge in [-0.25, -0.2) is 4.39 Å². The number of rotatable bonds is 5. The molecule has 1 N–H and O–H groups in total. The molecular formula is C21H23ClFN. The molecule has 3 heteroatoms. The highest BCUT2D eigenvalue weighted by Crippen LogP contribution is 2.39. The molecule has 1 unspecified atom stereocenters. The van der Waals surface area contributed by atoms with Crippen molar-refractivity contribution < 1.29 is 4.39 Å². The number of H-pyrrole nitrogens is 1. The van der Waals surface area contributed by atoms with Gasteiger partial charge < -0.3 is 4.98 Å². The van der Waals surface area contributed by atoms with E-state index >= 15 is 0 Å². The minimum Gasteiger partial charge on any atom is -0.358 e. The molecule has 0 radical (unpaired) electrons. The number of hydrogen-bond donors (Lipinski definition) is 1. The van der Waals surface area contributed by atoms with Crippen LogP contribution >= 0.6 is 11.6 Å². The fraction of sp³-hybridized carbons (Fsp3) is 0.333. The molecule has 2 atom stereocenters. The largest absolute Gasteiger partial charge is 0.358 e. The topological polar surface area (TPSA) is 15.8 Å². The van der Waals surface area contributed by atoms with Crippen molar-refractivity contribution >= 4 is 22.5 Å². The summed E-state index contributed by atoms with van der Waals surface area (Å²) in [5.41, 5.74) is 3.93. The van der Waals surface area contributed by atoms with Crippen molar-refractivity contribution in [2.45, 2.75) is 39.5 Å². The molecule has 0 amide bonds. The molecule has 24 heavy (non-hydrogen) atoms. The van der Waals surface area contributed by atoms with Crippen LogP contribution in [-0.4, -0.2) is 4.98 Å². The van der Waals surface area contributed by atoms with Gasteiger partial charge in [-0.05, 0) is 53.8 Å². The van der Waals surface area contributed by atoms with Crippen molar-refractivity contribution in [1.29, 1.82) is 0 Å². The summed E-state index contributed by atoms with van der Waals surface area (Å²) >= 11 is 6.06. The molecule has 0 fully saturated rings. The van der Waals surface area contributed by atoms with Crippen LogP contribution < -0.4 is 0 Å². The van der Waals surface area contributed by atoms with Gasteiger partial charge in [0.1, 0.15) is 5.82 Å². The Kier molecular flexibility index (Phi) is 4.96. The van der Waals surface area contributed by atoms with Gasteiger partial charge in [-0.2, -0.15) is 0 Å². The number of aryl methyl sites for hydroxylation is 1. The zero-order valence-corrected chi connectivity index (χ0v) is 15.1. The standard InChI is InChI=1S/C21H23ClFN/c1-4-5-14(3)20(15-6-8-16(22)9-7-15)18-12-24-21-17(18)10-13(2)11-19(21)23/h6-12,14,20,24H,4-5H2,1-3H3/t14-,20?/m0/s1. The SMILES string of the molecule is CCC[C@H](C)C(c1ccc(Cl)cc1)c1c[nH]c2c(F)cc(C)cc12. The van der Waals surface area contributed by atoms with Crippen molar-refractivity contribution in [2.75, 3.05) is 0 Å². The molecule has 0 aliphatic carbocycles. The number of halogens is 2. The van der Waals surface area contributed by atoms with Crippen LogP contribution in [0.2, 0.25) is 5.02 Å². The van der Waals surface area contributed by atoms with E-state index in [1.54, 1.807) is 6.07 Å². The van der Waals surface area contributed by atoms with Crippen LogP contribution in [0.15, 0.2) is 42.6 Å². The summed E-state index contributed by atoms with van der Waals surface area (Å²) < 4.78 is 14.3. The second kappa shape index (κ2) is 6.98. The van der Waals surface area contributed by atoms with Gasteiger partial charge in [0.15, 0.2) is 0 Å². The summed E-state index contributed by atoms with van der Waals surface area (Å²) in [6, 6.07) is 11.7. The maximum Gasteiger partial charge on any atom is 0.147 e. The summed E-state index contributed by atoms with van der Waals surface area (Å²) in [4.78, 5) is 3.14. The molecular weight excluding hydrogens is 321 g/mol. The van der Waals surface area contributed by atoms with Crippen LogP contribution in [0, 0.1) is 18.7 Å². The van der Waals surface area contributed by atoms with E-state index in [0.717, 1.165) is 34.4 Å². The minimum atomic E-state index is -0.186. The molecule has 0 saturated heterocycles. The molecule has 1 heterocycles. The van der Waals surface area contributed by atoms with Crippen molar-refractivity contribution in [2.24, 2.45) is 5.92 Å². The molecule has 3 rings (SSSR count). The van der Waals surface area contributed by atoms with E-state index in [9.17, 15) is 4.39 Å². The lowest BCUT2D eigenvalue weighted by atomic mass is 9.79. The number of nitrogens with one attached hydrogen (secondary N) is 1. The van der Waals surface area contributed by atoms with E-state index in [1.165, 1.54) is 5.56 Å². The monoisotopic (exact) mass is 343 g/mol. The molecule has 126 valence electrons. The second-order valence-corrected chi connectivity index (χ2v) is 7.14. The van der Waals surface area contributed by atoms with Crippen molar-refractivity contribution in [3.05, 3.63) is 70.1 Å². The first-order valence-corrected chi connectivity index (χ1v) is 8.91. The number of hydrogen-bond acceptors (Lipinski definition) is 0. The van der Waals surface area contributed by atoms with Crippen LogP contribution in [-0.2, 0) is 0 Å². The molecule has 0 saturated carbocycles. The zero-order valence-electron chi connectivity index (χ0n) is 14.4. The third kappa shape index (κ3) is 3.21. The van der Waals surface area contributed by atoms with Crippen LogP contribution in [0.25, 0.3) is 10.9 Å². The van der Waals surface area contributed by atoms with Gasteiger partial charge in [0.25, 0.3) is 0 Å². The summed E-state index contributed by atoms with van der Waals surface area (Å²) in [7, 11) is 0. The van der Waals surface area contributed by atoms with E-state index in [1.807, 2.05) is 25.3 Å². The first kappa shape index (κ1) is 17.0. The average Bonchev–Trinajstić information content (AvgIpc) is 2.94. The predicted octanol–water partition coefficient (Wildman–Crippen LogP) is 6.84. The highest BCUT2D eigenvalue weighted by Gasteiger charge is 2.24. The molecule has 0 spiro atoms. The smallest absolute Gasteiger partial charge is 0.147 e. The van der Waals surface area contributed by atoms with E-state index < -0.39 is 0 Å². The van der Waals surface area contributed by atoms with Crippen molar-refractivity contribution in [3.63, 3.8) is 0 Å². The molecule has 1 aromatic heterocycles. The van der Waals surface area contributed by atoms with Crippen LogP contribution in [0.1, 0.15) is 49.3 Å². The Morgan fingerprint density at radius 2 is 1.88 bits per heavy atom. The molecule has 1 nitrogen and oxygen atoms in total. The first-order valence-electron chi connectivity index (χ1n) is 8.53. The Hall–Kier alpha value is -1.80. The second-order valence-electron chi connectivity index (χ2n) is 6.71. The van der Waals surface area contributed by atoms with Gasteiger partial charge in [-0.15, -0.1) is 0 Å². The molecule has 0 aliphatic heterocycles. The summed E-state index contributed by atoms with van der Waals surface area (Å²) in [5.74, 6) is 0.491. The maximum absolute atomic E-state index is 14.3. The average molecular weight is 344 g/mol. The molecule has 0 bridgehead atoms. The lowest BCUT2D eigenvalue weighted by Crippen LogP contribution is -2.11. The molecule has 3 aromatic rings. The Balaban J connectivity index is 2.17.